The van der Waals surface area contributed by atoms with E-state index in [9.17, 15) is 13.2 Å². The van der Waals surface area contributed by atoms with E-state index in [1.807, 2.05) is 13.8 Å². The van der Waals surface area contributed by atoms with Crippen LogP contribution >= 0.6 is 0 Å². The Bertz CT molecular complexity index is 250. The summed E-state index contributed by atoms with van der Waals surface area (Å²) < 4.78 is 43.3. The van der Waals surface area contributed by atoms with Crippen LogP contribution < -0.4 is 5.32 Å². The molecule has 114 valence electrons. The lowest BCUT2D eigenvalue weighted by atomic mass is 9.88. The normalized spacial score (nSPS) is 20.7. The van der Waals surface area contributed by atoms with Crippen LogP contribution in [0.1, 0.15) is 58.8 Å². The quantitative estimate of drug-likeness (QED) is 0.725. The second-order valence-electron chi connectivity index (χ2n) is 5.37. The van der Waals surface area contributed by atoms with E-state index in [0.717, 1.165) is 38.6 Å². The topological polar surface area (TPSA) is 21.3 Å². The largest absolute Gasteiger partial charge is 0.389 e. The second-order valence-corrected chi connectivity index (χ2v) is 5.37. The molecule has 1 saturated carbocycles. The number of halogens is 3. The van der Waals surface area contributed by atoms with Crippen molar-refractivity contribution in [1.82, 2.24) is 5.32 Å². The van der Waals surface area contributed by atoms with Gasteiger partial charge >= 0.3 is 6.18 Å². The van der Waals surface area contributed by atoms with Gasteiger partial charge in [0.15, 0.2) is 0 Å². The van der Waals surface area contributed by atoms with Crippen molar-refractivity contribution < 1.29 is 17.9 Å². The maximum Gasteiger partial charge on any atom is 0.389 e. The molecular weight excluding hydrogens is 255 g/mol. The lowest BCUT2D eigenvalue weighted by Gasteiger charge is -2.38. The fourth-order valence-corrected chi connectivity index (χ4v) is 3.03. The Hall–Kier alpha value is -0.290. The summed E-state index contributed by atoms with van der Waals surface area (Å²) in [5.74, 6) is 0. The zero-order valence-corrected chi connectivity index (χ0v) is 12.0. The molecule has 1 unspecified atom stereocenters. The Kier molecular flexibility index (Phi) is 6.60. The number of hydrogen-bond acceptors (Lipinski definition) is 2. The third-order valence-electron chi connectivity index (χ3n) is 3.87. The highest BCUT2D eigenvalue weighted by Crippen LogP contribution is 2.39. The summed E-state index contributed by atoms with van der Waals surface area (Å²) in [5.41, 5.74) is -0.380. The van der Waals surface area contributed by atoms with Crippen molar-refractivity contribution in [2.24, 2.45) is 0 Å². The Morgan fingerprint density at radius 3 is 2.32 bits per heavy atom. The van der Waals surface area contributed by atoms with Crippen LogP contribution in [0.15, 0.2) is 0 Å². The van der Waals surface area contributed by atoms with E-state index < -0.39 is 12.6 Å². The van der Waals surface area contributed by atoms with E-state index in [1.54, 1.807) is 0 Å². The van der Waals surface area contributed by atoms with Gasteiger partial charge in [0, 0.05) is 19.1 Å². The highest BCUT2D eigenvalue weighted by molar-refractivity contribution is 4.97. The second kappa shape index (κ2) is 7.48. The van der Waals surface area contributed by atoms with Crippen LogP contribution in [0.2, 0.25) is 0 Å². The molecule has 0 spiro atoms. The van der Waals surface area contributed by atoms with E-state index in [0.29, 0.717) is 6.61 Å². The highest BCUT2D eigenvalue weighted by atomic mass is 19.4. The number of nitrogens with one attached hydrogen (secondary N) is 1. The lowest BCUT2D eigenvalue weighted by Crippen LogP contribution is -2.51. The average Bonchev–Trinajstić information content (AvgIpc) is 2.78. The van der Waals surface area contributed by atoms with Gasteiger partial charge in [-0.3, -0.25) is 0 Å². The zero-order chi connectivity index (χ0) is 14.4. The van der Waals surface area contributed by atoms with Crippen molar-refractivity contribution in [3.63, 3.8) is 0 Å². The molecule has 1 aliphatic rings. The van der Waals surface area contributed by atoms with Crippen molar-refractivity contribution >= 4 is 0 Å². The Balaban J connectivity index is 2.69. The summed E-state index contributed by atoms with van der Waals surface area (Å²) in [6, 6.07) is -0.184. The van der Waals surface area contributed by atoms with Crippen molar-refractivity contribution in [1.29, 1.82) is 0 Å². The predicted octanol–water partition coefficient (Wildman–Crippen LogP) is 4.05. The van der Waals surface area contributed by atoms with Crippen molar-refractivity contribution in [3.05, 3.63) is 0 Å². The molecule has 1 fully saturated rings. The minimum atomic E-state index is -4.09. The number of hydrogen-bond donors (Lipinski definition) is 1. The first kappa shape index (κ1) is 16.8. The van der Waals surface area contributed by atoms with Gasteiger partial charge in [0.2, 0.25) is 0 Å². The van der Waals surface area contributed by atoms with Gasteiger partial charge in [-0.25, -0.2) is 0 Å². The van der Waals surface area contributed by atoms with E-state index in [2.05, 4.69) is 5.32 Å². The molecule has 0 saturated heterocycles. The van der Waals surface area contributed by atoms with Crippen molar-refractivity contribution in [2.45, 2.75) is 76.6 Å². The Morgan fingerprint density at radius 2 is 1.84 bits per heavy atom. The van der Waals surface area contributed by atoms with Crippen LogP contribution in [0.5, 0.6) is 0 Å². The number of rotatable bonds is 8. The molecule has 2 nitrogen and oxygen atoms in total. The van der Waals surface area contributed by atoms with E-state index >= 15 is 0 Å². The van der Waals surface area contributed by atoms with Gasteiger partial charge in [-0.2, -0.15) is 13.2 Å². The number of alkyl halides is 3. The first-order valence-electron chi connectivity index (χ1n) is 7.37. The molecule has 1 N–H and O–H groups in total. The SMILES string of the molecule is CCCNC(CCC(F)(F)F)C1(OCC)CCCC1. The fourth-order valence-electron chi connectivity index (χ4n) is 3.03. The van der Waals surface area contributed by atoms with Gasteiger partial charge in [-0.15, -0.1) is 0 Å². The van der Waals surface area contributed by atoms with E-state index in [1.165, 1.54) is 0 Å². The van der Waals surface area contributed by atoms with Crippen LogP contribution in [0.4, 0.5) is 13.2 Å². The van der Waals surface area contributed by atoms with Gasteiger partial charge in [0.05, 0.1) is 5.60 Å². The van der Waals surface area contributed by atoms with Crippen LogP contribution in [0.3, 0.4) is 0 Å². The lowest BCUT2D eigenvalue weighted by molar-refractivity contribution is -0.142. The number of ether oxygens (including phenoxy) is 1. The van der Waals surface area contributed by atoms with Crippen LogP contribution in [0.25, 0.3) is 0 Å². The van der Waals surface area contributed by atoms with Crippen LogP contribution in [0, 0.1) is 0 Å². The van der Waals surface area contributed by atoms with Gasteiger partial charge in [0.25, 0.3) is 0 Å². The average molecular weight is 281 g/mol. The predicted molar refractivity (Wildman–Crippen MR) is 70.2 cm³/mol. The smallest absolute Gasteiger partial charge is 0.374 e. The molecule has 0 aliphatic heterocycles. The summed E-state index contributed by atoms with van der Waals surface area (Å²) in [6.45, 7) is 5.25. The van der Waals surface area contributed by atoms with Crippen LogP contribution in [-0.4, -0.2) is 31.0 Å². The Morgan fingerprint density at radius 1 is 1.21 bits per heavy atom. The van der Waals surface area contributed by atoms with Crippen molar-refractivity contribution in [2.75, 3.05) is 13.2 Å². The van der Waals surface area contributed by atoms with Crippen molar-refractivity contribution in [3.8, 4) is 0 Å². The first-order chi connectivity index (χ1) is 8.93. The maximum absolute atomic E-state index is 12.5. The molecule has 0 bridgehead atoms. The van der Waals surface area contributed by atoms with Gasteiger partial charge < -0.3 is 10.1 Å². The molecule has 0 heterocycles. The van der Waals surface area contributed by atoms with Gasteiger partial charge in [0.1, 0.15) is 0 Å². The third-order valence-corrected chi connectivity index (χ3v) is 3.87. The molecular formula is C14H26F3NO. The van der Waals surface area contributed by atoms with Gasteiger partial charge in [-0.05, 0) is 39.2 Å². The van der Waals surface area contributed by atoms with E-state index in [-0.39, 0.29) is 18.1 Å². The molecule has 0 aromatic carbocycles. The monoisotopic (exact) mass is 281 g/mol. The van der Waals surface area contributed by atoms with Crippen LogP contribution in [-0.2, 0) is 4.74 Å². The third kappa shape index (κ3) is 5.30. The summed E-state index contributed by atoms with van der Waals surface area (Å²) in [5, 5.41) is 3.28. The molecule has 1 aliphatic carbocycles. The molecule has 19 heavy (non-hydrogen) atoms. The minimum absolute atomic E-state index is 0.115. The first-order valence-corrected chi connectivity index (χ1v) is 7.37. The molecule has 1 atom stereocenters. The summed E-state index contributed by atoms with van der Waals surface area (Å²) in [6.07, 6.45) is 0.0718. The Labute approximate surface area is 114 Å². The highest BCUT2D eigenvalue weighted by Gasteiger charge is 2.43. The van der Waals surface area contributed by atoms with Gasteiger partial charge in [-0.1, -0.05) is 19.8 Å². The molecule has 1 rings (SSSR count). The fraction of sp³-hybridized carbons (Fsp3) is 1.00. The summed E-state index contributed by atoms with van der Waals surface area (Å²) in [7, 11) is 0. The maximum atomic E-state index is 12.5. The molecule has 0 aromatic heterocycles. The molecule has 0 amide bonds. The molecule has 5 heteroatoms. The van der Waals surface area contributed by atoms with E-state index in [4.69, 9.17) is 4.74 Å². The zero-order valence-electron chi connectivity index (χ0n) is 12.0. The summed E-state index contributed by atoms with van der Waals surface area (Å²) >= 11 is 0. The summed E-state index contributed by atoms with van der Waals surface area (Å²) in [4.78, 5) is 0. The minimum Gasteiger partial charge on any atom is -0.374 e. The standard InChI is InChI=1S/C14H26F3NO/c1-3-11-18-12(7-10-14(15,16)17)13(19-4-2)8-5-6-9-13/h12,18H,3-11H2,1-2H3. The molecule has 0 aromatic rings. The molecule has 0 radical (unpaired) electrons.